The van der Waals surface area contributed by atoms with E-state index in [1.807, 2.05) is 0 Å². The van der Waals surface area contributed by atoms with E-state index in [0.29, 0.717) is 21.3 Å². The number of hydrogen-bond donors (Lipinski definition) is 0. The molecule has 3 rings (SSSR count). The standard InChI is InChI=1S/C16H10BrFN4O/c17-13-6-4-11(15(18)9-13)5-7-16(23)12-2-1-3-14(8-12)22-10-19-20-21-22/h1-10H/b7-5+. The molecule has 0 saturated heterocycles. The van der Waals surface area contributed by atoms with Crippen LogP contribution in [0, 0.1) is 5.82 Å². The molecule has 0 spiro atoms. The van der Waals surface area contributed by atoms with E-state index >= 15 is 0 Å². The van der Waals surface area contributed by atoms with E-state index in [-0.39, 0.29) is 5.78 Å². The van der Waals surface area contributed by atoms with Crippen LogP contribution in [0.2, 0.25) is 0 Å². The number of tetrazole rings is 1. The number of carbonyl (C=O) groups excluding carboxylic acids is 1. The first kappa shape index (κ1) is 15.2. The molecule has 3 aromatic rings. The second kappa shape index (κ2) is 6.62. The molecular formula is C16H10BrFN4O. The van der Waals surface area contributed by atoms with Crippen LogP contribution in [0.25, 0.3) is 11.8 Å². The van der Waals surface area contributed by atoms with Gasteiger partial charge in [0.1, 0.15) is 12.1 Å². The maximum absolute atomic E-state index is 13.7. The fraction of sp³-hybridized carbons (Fsp3) is 0. The van der Waals surface area contributed by atoms with Gasteiger partial charge in [-0.15, -0.1) is 5.10 Å². The first-order valence-corrected chi connectivity index (χ1v) is 7.44. The van der Waals surface area contributed by atoms with Crippen molar-refractivity contribution in [3.05, 3.63) is 76.3 Å². The molecule has 1 aromatic heterocycles. The fourth-order valence-corrected chi connectivity index (χ4v) is 2.31. The summed E-state index contributed by atoms with van der Waals surface area (Å²) in [6.07, 6.45) is 4.23. The molecule has 0 unspecified atom stereocenters. The van der Waals surface area contributed by atoms with Crippen molar-refractivity contribution in [1.82, 2.24) is 20.2 Å². The van der Waals surface area contributed by atoms with E-state index in [1.165, 1.54) is 29.2 Å². The second-order valence-corrected chi connectivity index (χ2v) is 5.58. The van der Waals surface area contributed by atoms with Gasteiger partial charge < -0.3 is 0 Å². The number of carbonyl (C=O) groups is 1. The van der Waals surface area contributed by atoms with Crippen molar-refractivity contribution in [3.8, 4) is 5.69 Å². The number of allylic oxidation sites excluding steroid dienone is 1. The molecule has 0 aliphatic heterocycles. The Balaban J connectivity index is 1.83. The first-order chi connectivity index (χ1) is 11.1. The predicted molar refractivity (Wildman–Crippen MR) is 86.6 cm³/mol. The van der Waals surface area contributed by atoms with Gasteiger partial charge in [-0.3, -0.25) is 4.79 Å². The summed E-state index contributed by atoms with van der Waals surface area (Å²) in [4.78, 5) is 12.2. The van der Waals surface area contributed by atoms with Crippen LogP contribution >= 0.6 is 15.9 Å². The molecule has 0 atom stereocenters. The highest BCUT2D eigenvalue weighted by atomic mass is 79.9. The third-order valence-corrected chi connectivity index (χ3v) is 3.61. The Morgan fingerprint density at radius 1 is 1.22 bits per heavy atom. The molecule has 0 radical (unpaired) electrons. The largest absolute Gasteiger partial charge is 0.289 e. The van der Waals surface area contributed by atoms with Crippen LogP contribution in [0.5, 0.6) is 0 Å². The maximum Gasteiger partial charge on any atom is 0.185 e. The lowest BCUT2D eigenvalue weighted by Gasteiger charge is -2.02. The highest BCUT2D eigenvalue weighted by Crippen LogP contribution is 2.17. The number of hydrogen-bond acceptors (Lipinski definition) is 4. The van der Waals surface area contributed by atoms with E-state index in [2.05, 4.69) is 31.5 Å². The summed E-state index contributed by atoms with van der Waals surface area (Å²) < 4.78 is 15.8. The summed E-state index contributed by atoms with van der Waals surface area (Å²) >= 11 is 3.19. The topological polar surface area (TPSA) is 60.7 Å². The molecule has 5 nitrogen and oxygen atoms in total. The Labute approximate surface area is 139 Å². The SMILES string of the molecule is O=C(/C=C/c1ccc(Br)cc1F)c1cccc(-n2cnnn2)c1. The Morgan fingerprint density at radius 2 is 2.09 bits per heavy atom. The van der Waals surface area contributed by atoms with E-state index in [0.717, 1.165) is 0 Å². The summed E-state index contributed by atoms with van der Waals surface area (Å²) in [7, 11) is 0. The summed E-state index contributed by atoms with van der Waals surface area (Å²) in [5, 5.41) is 10.9. The van der Waals surface area contributed by atoms with E-state index in [1.54, 1.807) is 36.4 Å². The summed E-state index contributed by atoms with van der Waals surface area (Å²) in [6.45, 7) is 0. The lowest BCUT2D eigenvalue weighted by Crippen LogP contribution is -1.99. The molecule has 0 fully saturated rings. The van der Waals surface area contributed by atoms with Gasteiger partial charge in [-0.25, -0.2) is 9.07 Å². The molecule has 0 aliphatic rings. The van der Waals surface area contributed by atoms with Gasteiger partial charge in [0.25, 0.3) is 0 Å². The highest BCUT2D eigenvalue weighted by Gasteiger charge is 2.06. The van der Waals surface area contributed by atoms with Gasteiger partial charge in [-0.1, -0.05) is 34.1 Å². The van der Waals surface area contributed by atoms with Crippen molar-refractivity contribution in [1.29, 1.82) is 0 Å². The number of nitrogens with zero attached hydrogens (tertiary/aromatic N) is 4. The number of rotatable bonds is 4. The molecular weight excluding hydrogens is 363 g/mol. The average molecular weight is 373 g/mol. The monoisotopic (exact) mass is 372 g/mol. The normalized spacial score (nSPS) is 11.0. The van der Waals surface area contributed by atoms with Gasteiger partial charge in [-0.05, 0) is 46.8 Å². The quantitative estimate of drug-likeness (QED) is 0.519. The van der Waals surface area contributed by atoms with Crippen LogP contribution in [-0.4, -0.2) is 26.0 Å². The lowest BCUT2D eigenvalue weighted by atomic mass is 10.1. The Morgan fingerprint density at radius 3 is 2.83 bits per heavy atom. The van der Waals surface area contributed by atoms with Gasteiger partial charge >= 0.3 is 0 Å². The molecule has 23 heavy (non-hydrogen) atoms. The minimum Gasteiger partial charge on any atom is -0.289 e. The van der Waals surface area contributed by atoms with Crippen LogP contribution < -0.4 is 0 Å². The van der Waals surface area contributed by atoms with Gasteiger partial charge in [0.15, 0.2) is 5.78 Å². The van der Waals surface area contributed by atoms with Crippen LogP contribution in [0.4, 0.5) is 4.39 Å². The molecule has 114 valence electrons. The van der Waals surface area contributed by atoms with Gasteiger partial charge in [-0.2, -0.15) is 0 Å². The summed E-state index contributed by atoms with van der Waals surface area (Å²) in [6, 6.07) is 11.5. The van der Waals surface area contributed by atoms with Crippen LogP contribution in [0.1, 0.15) is 15.9 Å². The number of halogens is 2. The summed E-state index contributed by atoms with van der Waals surface area (Å²) in [5.41, 5.74) is 1.48. The van der Waals surface area contributed by atoms with Crippen LogP contribution in [0.15, 0.2) is 59.3 Å². The van der Waals surface area contributed by atoms with Crippen molar-refractivity contribution in [3.63, 3.8) is 0 Å². The Hall–Kier alpha value is -2.67. The average Bonchev–Trinajstić information content (AvgIpc) is 3.08. The minimum absolute atomic E-state index is 0.234. The zero-order chi connectivity index (χ0) is 16.2. The Bertz CT molecular complexity index is 878. The Kier molecular flexibility index (Phi) is 4.38. The third-order valence-electron chi connectivity index (χ3n) is 3.12. The van der Waals surface area contributed by atoms with Crippen molar-refractivity contribution in [2.24, 2.45) is 0 Å². The first-order valence-electron chi connectivity index (χ1n) is 6.64. The van der Waals surface area contributed by atoms with Crippen molar-refractivity contribution < 1.29 is 9.18 Å². The molecule has 0 amide bonds. The van der Waals surface area contributed by atoms with Gasteiger partial charge in [0.2, 0.25) is 0 Å². The van der Waals surface area contributed by atoms with Gasteiger partial charge in [0.05, 0.1) is 5.69 Å². The maximum atomic E-state index is 13.7. The van der Waals surface area contributed by atoms with Crippen molar-refractivity contribution in [2.75, 3.05) is 0 Å². The van der Waals surface area contributed by atoms with E-state index in [4.69, 9.17) is 0 Å². The van der Waals surface area contributed by atoms with Crippen LogP contribution in [-0.2, 0) is 0 Å². The van der Waals surface area contributed by atoms with Crippen LogP contribution in [0.3, 0.4) is 0 Å². The number of aromatic nitrogens is 4. The second-order valence-electron chi connectivity index (χ2n) is 4.67. The molecule has 2 aromatic carbocycles. The molecule has 0 bridgehead atoms. The predicted octanol–water partition coefficient (Wildman–Crippen LogP) is 3.46. The summed E-state index contributed by atoms with van der Waals surface area (Å²) in [5.74, 6) is -0.631. The highest BCUT2D eigenvalue weighted by molar-refractivity contribution is 9.10. The molecule has 7 heteroatoms. The zero-order valence-electron chi connectivity index (χ0n) is 11.7. The zero-order valence-corrected chi connectivity index (χ0v) is 13.3. The molecule has 0 aliphatic carbocycles. The fourth-order valence-electron chi connectivity index (χ4n) is 1.98. The minimum atomic E-state index is -0.397. The van der Waals surface area contributed by atoms with Crippen molar-refractivity contribution in [2.45, 2.75) is 0 Å². The molecule has 1 heterocycles. The third kappa shape index (κ3) is 3.57. The number of ketones is 1. The van der Waals surface area contributed by atoms with E-state index in [9.17, 15) is 9.18 Å². The lowest BCUT2D eigenvalue weighted by molar-refractivity contribution is 0.104. The number of benzene rings is 2. The van der Waals surface area contributed by atoms with E-state index < -0.39 is 5.82 Å². The van der Waals surface area contributed by atoms with Gasteiger partial charge in [0, 0.05) is 15.6 Å². The smallest absolute Gasteiger partial charge is 0.185 e. The van der Waals surface area contributed by atoms with Crippen molar-refractivity contribution >= 4 is 27.8 Å². The molecule has 0 saturated carbocycles. The molecule has 0 N–H and O–H groups in total.